The molecule has 1 fully saturated rings. The summed E-state index contributed by atoms with van der Waals surface area (Å²) in [5, 5.41) is 13.5. The Labute approximate surface area is 175 Å². The van der Waals surface area contributed by atoms with Crippen molar-refractivity contribution in [3.8, 4) is 0 Å². The Bertz CT molecular complexity index is 969. The summed E-state index contributed by atoms with van der Waals surface area (Å²) < 4.78 is 0.812. The molecule has 1 N–H and O–H groups in total. The molecule has 1 atom stereocenters. The van der Waals surface area contributed by atoms with E-state index in [-0.39, 0.29) is 24.2 Å². The zero-order valence-corrected chi connectivity index (χ0v) is 17.6. The van der Waals surface area contributed by atoms with Gasteiger partial charge in [0.05, 0.1) is 5.92 Å². The van der Waals surface area contributed by atoms with E-state index in [0.717, 1.165) is 21.3 Å². The number of nitrogens with zero attached hydrogens (tertiary/aromatic N) is 3. The summed E-state index contributed by atoms with van der Waals surface area (Å²) in [5.74, 6) is 0.227. The van der Waals surface area contributed by atoms with Crippen molar-refractivity contribution in [2.75, 3.05) is 16.8 Å². The smallest absolute Gasteiger partial charge is 0.231 e. The van der Waals surface area contributed by atoms with Crippen molar-refractivity contribution in [2.24, 2.45) is 5.92 Å². The van der Waals surface area contributed by atoms with Gasteiger partial charge in [-0.2, -0.15) is 0 Å². The molecule has 144 valence electrons. The summed E-state index contributed by atoms with van der Waals surface area (Å²) in [5.41, 5.74) is 1.96. The van der Waals surface area contributed by atoms with Crippen molar-refractivity contribution in [2.45, 2.75) is 23.4 Å². The fraction of sp³-hybridized carbons (Fsp3) is 0.263. The Balaban J connectivity index is 1.34. The van der Waals surface area contributed by atoms with Gasteiger partial charge in [-0.1, -0.05) is 46.9 Å². The van der Waals surface area contributed by atoms with Gasteiger partial charge in [0.2, 0.25) is 16.9 Å². The SMILES string of the molecule is Cc1ccc(N2CC(C(=O)Nc3nnc(SCc4cccs4)s3)CC2=O)cc1. The predicted octanol–water partition coefficient (Wildman–Crippen LogP) is 4.19. The zero-order valence-electron chi connectivity index (χ0n) is 15.1. The van der Waals surface area contributed by atoms with Gasteiger partial charge < -0.3 is 10.2 Å². The highest BCUT2D eigenvalue weighted by molar-refractivity contribution is 8.00. The Morgan fingerprint density at radius 1 is 1.29 bits per heavy atom. The highest BCUT2D eigenvalue weighted by Gasteiger charge is 2.35. The van der Waals surface area contributed by atoms with Gasteiger partial charge in [-0.05, 0) is 30.5 Å². The van der Waals surface area contributed by atoms with Gasteiger partial charge in [-0.3, -0.25) is 9.59 Å². The molecule has 0 bridgehead atoms. The average molecular weight is 431 g/mol. The summed E-state index contributed by atoms with van der Waals surface area (Å²) in [7, 11) is 0. The van der Waals surface area contributed by atoms with E-state index in [4.69, 9.17) is 0 Å². The monoisotopic (exact) mass is 430 g/mol. The Kier molecular flexibility index (Phi) is 5.74. The second-order valence-corrected chi connectivity index (χ2v) is 9.70. The molecule has 0 aliphatic carbocycles. The van der Waals surface area contributed by atoms with Crippen LogP contribution in [0.2, 0.25) is 0 Å². The lowest BCUT2D eigenvalue weighted by molar-refractivity contribution is -0.122. The summed E-state index contributed by atoms with van der Waals surface area (Å²) in [6, 6.07) is 11.9. The van der Waals surface area contributed by atoms with Crippen molar-refractivity contribution in [1.29, 1.82) is 0 Å². The molecular formula is C19H18N4O2S3. The van der Waals surface area contributed by atoms with Gasteiger partial charge in [0.25, 0.3) is 0 Å². The van der Waals surface area contributed by atoms with E-state index in [1.165, 1.54) is 16.2 Å². The third-order valence-corrected chi connectivity index (χ3v) is 7.48. The summed E-state index contributed by atoms with van der Waals surface area (Å²) >= 11 is 4.66. The average Bonchev–Trinajstić information content (AvgIpc) is 3.42. The molecule has 3 heterocycles. The molecule has 4 rings (SSSR count). The summed E-state index contributed by atoms with van der Waals surface area (Å²) in [6.45, 7) is 2.38. The lowest BCUT2D eigenvalue weighted by Crippen LogP contribution is -2.28. The molecular weight excluding hydrogens is 412 g/mol. The van der Waals surface area contributed by atoms with Crippen LogP contribution in [0.3, 0.4) is 0 Å². The number of aryl methyl sites for hydroxylation is 1. The lowest BCUT2D eigenvalue weighted by atomic mass is 10.1. The number of hydrogen-bond donors (Lipinski definition) is 1. The molecule has 1 aromatic carbocycles. The first-order chi connectivity index (χ1) is 13.6. The number of benzene rings is 1. The van der Waals surface area contributed by atoms with Gasteiger partial charge in [-0.15, -0.1) is 21.5 Å². The van der Waals surface area contributed by atoms with Gasteiger partial charge in [0.1, 0.15) is 0 Å². The molecule has 6 nitrogen and oxygen atoms in total. The van der Waals surface area contributed by atoms with Crippen LogP contribution in [0.1, 0.15) is 16.9 Å². The third kappa shape index (κ3) is 4.43. The van der Waals surface area contributed by atoms with E-state index < -0.39 is 0 Å². The second-order valence-electron chi connectivity index (χ2n) is 6.47. The molecule has 0 saturated carbocycles. The number of thiophene rings is 1. The molecule has 28 heavy (non-hydrogen) atoms. The maximum Gasteiger partial charge on any atom is 0.231 e. The Morgan fingerprint density at radius 3 is 2.86 bits per heavy atom. The number of nitrogens with one attached hydrogen (secondary N) is 1. The molecule has 2 amide bonds. The van der Waals surface area contributed by atoms with E-state index in [9.17, 15) is 9.59 Å². The van der Waals surface area contributed by atoms with Gasteiger partial charge in [0, 0.05) is 29.3 Å². The number of carbonyl (C=O) groups is 2. The fourth-order valence-electron chi connectivity index (χ4n) is 2.91. The molecule has 0 spiro atoms. The number of hydrogen-bond acceptors (Lipinski definition) is 7. The van der Waals surface area contributed by atoms with E-state index in [1.807, 2.05) is 42.6 Å². The zero-order chi connectivity index (χ0) is 19.5. The maximum absolute atomic E-state index is 12.6. The first-order valence-electron chi connectivity index (χ1n) is 8.75. The largest absolute Gasteiger partial charge is 0.312 e. The van der Waals surface area contributed by atoms with Crippen LogP contribution >= 0.6 is 34.4 Å². The van der Waals surface area contributed by atoms with Crippen LogP contribution in [0.4, 0.5) is 10.8 Å². The van der Waals surface area contributed by atoms with Gasteiger partial charge in [-0.25, -0.2) is 0 Å². The quantitative estimate of drug-likeness (QED) is 0.469. The first kappa shape index (κ1) is 19.1. The number of thioether (sulfide) groups is 1. The standard InChI is InChI=1S/C19H18N4O2S3/c1-12-4-6-14(7-5-12)23-10-13(9-16(23)24)17(25)20-18-21-22-19(28-18)27-11-15-3-2-8-26-15/h2-8,13H,9-11H2,1H3,(H,20,21,25). The van der Waals surface area contributed by atoms with Crippen molar-refractivity contribution in [3.05, 3.63) is 52.2 Å². The van der Waals surface area contributed by atoms with E-state index in [2.05, 4.69) is 21.6 Å². The molecule has 1 aliphatic rings. The highest BCUT2D eigenvalue weighted by atomic mass is 32.2. The Hall–Kier alpha value is -2.23. The number of aromatic nitrogens is 2. The van der Waals surface area contributed by atoms with E-state index >= 15 is 0 Å². The second kappa shape index (κ2) is 8.42. The Morgan fingerprint density at radius 2 is 2.11 bits per heavy atom. The van der Waals surface area contributed by atoms with E-state index in [1.54, 1.807) is 28.0 Å². The number of carbonyl (C=O) groups excluding carboxylic acids is 2. The number of anilines is 2. The minimum Gasteiger partial charge on any atom is -0.312 e. The summed E-state index contributed by atoms with van der Waals surface area (Å²) in [6.07, 6.45) is 0.207. The van der Waals surface area contributed by atoms with Gasteiger partial charge in [0.15, 0.2) is 4.34 Å². The molecule has 9 heteroatoms. The molecule has 2 aromatic heterocycles. The number of rotatable bonds is 6. The fourth-order valence-corrected chi connectivity index (χ4v) is 5.44. The predicted molar refractivity (Wildman–Crippen MR) is 114 cm³/mol. The van der Waals surface area contributed by atoms with Crippen molar-refractivity contribution in [3.63, 3.8) is 0 Å². The van der Waals surface area contributed by atoms with Crippen LogP contribution < -0.4 is 10.2 Å². The van der Waals surface area contributed by atoms with Crippen LogP contribution in [0.5, 0.6) is 0 Å². The van der Waals surface area contributed by atoms with Crippen LogP contribution in [0.25, 0.3) is 0 Å². The van der Waals surface area contributed by atoms with Gasteiger partial charge >= 0.3 is 0 Å². The van der Waals surface area contributed by atoms with Crippen molar-refractivity contribution >= 4 is 57.1 Å². The third-order valence-electron chi connectivity index (χ3n) is 4.40. The van der Waals surface area contributed by atoms with E-state index in [0.29, 0.717) is 11.7 Å². The highest BCUT2D eigenvalue weighted by Crippen LogP contribution is 2.31. The molecule has 1 saturated heterocycles. The van der Waals surface area contributed by atoms with Crippen molar-refractivity contribution in [1.82, 2.24) is 10.2 Å². The first-order valence-corrected chi connectivity index (χ1v) is 11.4. The minimum atomic E-state index is -0.389. The molecule has 1 aliphatic heterocycles. The molecule has 0 radical (unpaired) electrons. The topological polar surface area (TPSA) is 75.2 Å². The molecule has 3 aromatic rings. The number of amides is 2. The van der Waals surface area contributed by atoms with Crippen LogP contribution in [0, 0.1) is 12.8 Å². The van der Waals surface area contributed by atoms with Crippen LogP contribution in [-0.4, -0.2) is 28.6 Å². The maximum atomic E-state index is 12.6. The molecule has 1 unspecified atom stereocenters. The normalized spacial score (nSPS) is 16.5. The minimum absolute atomic E-state index is 0.0338. The lowest BCUT2D eigenvalue weighted by Gasteiger charge is -2.16. The van der Waals surface area contributed by atoms with Crippen molar-refractivity contribution < 1.29 is 9.59 Å². The summed E-state index contributed by atoms with van der Waals surface area (Å²) in [4.78, 5) is 27.9. The van der Waals surface area contributed by atoms with Crippen LogP contribution in [-0.2, 0) is 15.3 Å². The van der Waals surface area contributed by atoms with Crippen LogP contribution in [0.15, 0.2) is 46.1 Å².